The van der Waals surface area contributed by atoms with Gasteiger partial charge in [0.05, 0.1) is 4.92 Å². The molecule has 1 N–H and O–H groups in total. The maximum absolute atomic E-state index is 14.1. The number of fused-ring (bicyclic) bond motifs is 2. The molecule has 0 aromatic heterocycles. The van der Waals surface area contributed by atoms with E-state index in [1.54, 1.807) is 0 Å². The van der Waals surface area contributed by atoms with Crippen LogP contribution in [0.1, 0.15) is 25.7 Å². The number of rotatable bonds is 4. The van der Waals surface area contributed by atoms with Crippen molar-refractivity contribution in [2.45, 2.75) is 48.7 Å². The first kappa shape index (κ1) is 16.3. The molecule has 9 heteroatoms. The first-order valence-corrected chi connectivity index (χ1v) is 8.91. The van der Waals surface area contributed by atoms with E-state index in [1.165, 1.54) is 7.05 Å². The van der Waals surface area contributed by atoms with Crippen molar-refractivity contribution < 1.29 is 17.7 Å². The monoisotopic (exact) mass is 343 g/mol. The van der Waals surface area contributed by atoms with E-state index in [4.69, 9.17) is 0 Å². The van der Waals surface area contributed by atoms with Crippen LogP contribution in [0.15, 0.2) is 23.1 Å². The van der Waals surface area contributed by atoms with Crippen LogP contribution in [-0.4, -0.2) is 42.8 Å². The van der Waals surface area contributed by atoms with E-state index >= 15 is 0 Å². The predicted molar refractivity (Wildman–Crippen MR) is 81.0 cm³/mol. The van der Waals surface area contributed by atoms with Crippen LogP contribution in [0, 0.1) is 15.9 Å². The number of nitro benzene ring substituents is 1. The van der Waals surface area contributed by atoms with Crippen LogP contribution in [0.4, 0.5) is 10.1 Å². The highest BCUT2D eigenvalue weighted by Gasteiger charge is 2.41. The molecule has 7 nitrogen and oxygen atoms in total. The molecule has 23 heavy (non-hydrogen) atoms. The summed E-state index contributed by atoms with van der Waals surface area (Å²) in [6.07, 6.45) is 3.26. The van der Waals surface area contributed by atoms with Crippen LogP contribution in [0.3, 0.4) is 0 Å². The second-order valence-electron chi connectivity index (χ2n) is 6.13. The number of nitro groups is 1. The number of hydrogen-bond donors (Lipinski definition) is 1. The molecule has 0 amide bonds. The molecule has 2 aliphatic heterocycles. The fourth-order valence-corrected chi connectivity index (χ4v) is 5.13. The smallest absolute Gasteiger partial charge is 0.292 e. The molecule has 2 unspecified atom stereocenters. The SMILES string of the molecule is CN(C1CC2CCC(C1)N2)S(=O)(=O)c1c(F)cccc1[N+](=O)[O-]. The van der Waals surface area contributed by atoms with Gasteiger partial charge in [-0.15, -0.1) is 0 Å². The van der Waals surface area contributed by atoms with Gasteiger partial charge in [-0.1, -0.05) is 6.07 Å². The summed E-state index contributed by atoms with van der Waals surface area (Å²) >= 11 is 0. The van der Waals surface area contributed by atoms with E-state index < -0.39 is 31.3 Å². The third-order valence-electron chi connectivity index (χ3n) is 4.74. The average molecular weight is 343 g/mol. The summed E-state index contributed by atoms with van der Waals surface area (Å²) in [5, 5.41) is 14.5. The van der Waals surface area contributed by atoms with Gasteiger partial charge in [-0.3, -0.25) is 10.1 Å². The lowest BCUT2D eigenvalue weighted by Gasteiger charge is -2.34. The normalized spacial score (nSPS) is 27.3. The molecule has 0 spiro atoms. The molecular formula is C14H18FN3O4S. The molecule has 3 rings (SSSR count). The van der Waals surface area contributed by atoms with E-state index in [9.17, 15) is 22.9 Å². The zero-order valence-electron chi connectivity index (χ0n) is 12.6. The average Bonchev–Trinajstić information content (AvgIpc) is 2.84. The molecular weight excluding hydrogens is 325 g/mol. The zero-order chi connectivity index (χ0) is 16.8. The van der Waals surface area contributed by atoms with Crippen LogP contribution in [0.5, 0.6) is 0 Å². The summed E-state index contributed by atoms with van der Waals surface area (Å²) in [5.41, 5.74) is -0.728. The van der Waals surface area contributed by atoms with Crippen molar-refractivity contribution in [1.29, 1.82) is 0 Å². The molecule has 2 bridgehead atoms. The van der Waals surface area contributed by atoms with Crippen molar-refractivity contribution in [1.82, 2.24) is 9.62 Å². The Hall–Kier alpha value is -1.58. The van der Waals surface area contributed by atoms with Crippen molar-refractivity contribution in [3.8, 4) is 0 Å². The topological polar surface area (TPSA) is 92.6 Å². The highest BCUT2D eigenvalue weighted by molar-refractivity contribution is 7.89. The van der Waals surface area contributed by atoms with Gasteiger partial charge in [-0.2, -0.15) is 4.31 Å². The second kappa shape index (κ2) is 5.81. The Morgan fingerprint density at radius 3 is 2.48 bits per heavy atom. The molecule has 0 saturated carbocycles. The van der Waals surface area contributed by atoms with Gasteiger partial charge in [0.2, 0.25) is 0 Å². The number of halogens is 1. The second-order valence-corrected chi connectivity index (χ2v) is 8.06. The lowest BCUT2D eigenvalue weighted by molar-refractivity contribution is -0.388. The summed E-state index contributed by atoms with van der Waals surface area (Å²) in [4.78, 5) is 9.37. The van der Waals surface area contributed by atoms with Gasteiger partial charge in [-0.25, -0.2) is 12.8 Å². The highest BCUT2D eigenvalue weighted by atomic mass is 32.2. The predicted octanol–water partition coefficient (Wildman–Crippen LogP) is 1.64. The summed E-state index contributed by atoms with van der Waals surface area (Å²) in [7, 11) is -2.90. The molecule has 2 heterocycles. The standard InChI is InChI=1S/C14H18FN3O4S/c1-17(11-7-9-5-6-10(8-11)16-9)23(21,22)14-12(15)3-2-4-13(14)18(19)20/h2-4,9-11,16H,5-8H2,1H3. The first-order valence-electron chi connectivity index (χ1n) is 7.47. The number of nitrogens with one attached hydrogen (secondary N) is 1. The Morgan fingerprint density at radius 1 is 1.30 bits per heavy atom. The lowest BCUT2D eigenvalue weighted by atomic mass is 10.0. The lowest BCUT2D eigenvalue weighted by Crippen LogP contribution is -2.48. The van der Waals surface area contributed by atoms with Gasteiger partial charge in [0.15, 0.2) is 4.90 Å². The molecule has 2 fully saturated rings. The molecule has 0 aliphatic carbocycles. The fraction of sp³-hybridized carbons (Fsp3) is 0.571. The van der Waals surface area contributed by atoms with Crippen molar-refractivity contribution in [2.24, 2.45) is 0 Å². The largest absolute Gasteiger partial charge is 0.311 e. The zero-order valence-corrected chi connectivity index (χ0v) is 13.4. The van der Waals surface area contributed by atoms with E-state index in [0.717, 1.165) is 35.3 Å². The summed E-state index contributed by atoms with van der Waals surface area (Å²) in [6, 6.07) is 3.31. The third kappa shape index (κ3) is 2.84. The molecule has 2 saturated heterocycles. The number of piperidine rings is 1. The molecule has 126 valence electrons. The van der Waals surface area contributed by atoms with Gasteiger partial charge in [0.25, 0.3) is 15.7 Å². The fourth-order valence-electron chi connectivity index (χ4n) is 3.56. The number of benzene rings is 1. The van der Waals surface area contributed by atoms with Crippen molar-refractivity contribution in [3.05, 3.63) is 34.1 Å². The Labute approximate surface area is 133 Å². The molecule has 2 atom stereocenters. The minimum atomic E-state index is -4.28. The Morgan fingerprint density at radius 2 is 1.91 bits per heavy atom. The molecule has 1 aromatic carbocycles. The third-order valence-corrected chi connectivity index (χ3v) is 6.72. The summed E-state index contributed by atoms with van der Waals surface area (Å²) < 4.78 is 40.7. The van der Waals surface area contributed by atoms with Gasteiger partial charge in [0.1, 0.15) is 5.82 Å². The number of sulfonamides is 1. The van der Waals surface area contributed by atoms with E-state index in [1.807, 2.05) is 0 Å². The molecule has 2 aliphatic rings. The van der Waals surface area contributed by atoms with Crippen LogP contribution < -0.4 is 5.32 Å². The molecule has 1 aromatic rings. The van der Waals surface area contributed by atoms with Gasteiger partial charge in [-0.05, 0) is 31.7 Å². The van der Waals surface area contributed by atoms with Crippen LogP contribution in [0.2, 0.25) is 0 Å². The van der Waals surface area contributed by atoms with Crippen LogP contribution in [0.25, 0.3) is 0 Å². The van der Waals surface area contributed by atoms with Gasteiger partial charge < -0.3 is 5.32 Å². The Balaban J connectivity index is 1.97. The first-order chi connectivity index (χ1) is 10.8. The van der Waals surface area contributed by atoms with Crippen LogP contribution >= 0.6 is 0 Å². The minimum absolute atomic E-state index is 0.256. The summed E-state index contributed by atoms with van der Waals surface area (Å²) in [6.45, 7) is 0. The molecule has 0 radical (unpaired) electrons. The van der Waals surface area contributed by atoms with Crippen molar-refractivity contribution in [3.63, 3.8) is 0 Å². The van der Waals surface area contributed by atoms with E-state index in [0.29, 0.717) is 12.8 Å². The Kier molecular flexibility index (Phi) is 4.11. The van der Waals surface area contributed by atoms with E-state index in [-0.39, 0.29) is 18.1 Å². The van der Waals surface area contributed by atoms with Crippen LogP contribution in [-0.2, 0) is 10.0 Å². The highest BCUT2D eigenvalue weighted by Crippen LogP contribution is 2.34. The number of nitrogens with zero attached hydrogens (tertiary/aromatic N) is 2. The van der Waals surface area contributed by atoms with Crippen molar-refractivity contribution >= 4 is 15.7 Å². The quantitative estimate of drug-likeness (QED) is 0.663. The van der Waals surface area contributed by atoms with Crippen molar-refractivity contribution in [2.75, 3.05) is 7.05 Å². The van der Waals surface area contributed by atoms with Gasteiger partial charge >= 0.3 is 0 Å². The van der Waals surface area contributed by atoms with E-state index in [2.05, 4.69) is 5.32 Å². The maximum atomic E-state index is 14.1. The summed E-state index contributed by atoms with van der Waals surface area (Å²) in [5.74, 6) is -1.09. The maximum Gasteiger partial charge on any atom is 0.292 e. The number of hydrogen-bond acceptors (Lipinski definition) is 5. The minimum Gasteiger partial charge on any atom is -0.311 e. The Bertz CT molecular complexity index is 728. The van der Waals surface area contributed by atoms with Gasteiger partial charge in [0, 0.05) is 31.2 Å².